The molecule has 1 amide bonds. The first-order chi connectivity index (χ1) is 12.2. The monoisotopic (exact) mass is 339 g/mol. The number of pyridine rings is 1. The number of carbonyl (C=O) groups is 1. The normalized spacial score (nSPS) is 15.8. The Morgan fingerprint density at radius 1 is 1.24 bits per heavy atom. The maximum absolute atomic E-state index is 12.5. The van der Waals surface area contributed by atoms with Gasteiger partial charge in [-0.15, -0.1) is 0 Å². The van der Waals surface area contributed by atoms with Gasteiger partial charge in [0.2, 0.25) is 0 Å². The van der Waals surface area contributed by atoms with Crippen molar-refractivity contribution in [1.29, 1.82) is 0 Å². The number of benzene rings is 1. The van der Waals surface area contributed by atoms with Gasteiger partial charge in [0, 0.05) is 24.0 Å². The van der Waals surface area contributed by atoms with Crippen molar-refractivity contribution in [3.05, 3.63) is 59.4 Å². The zero-order valence-corrected chi connectivity index (χ0v) is 14.9. The average molecular weight is 339 g/mol. The molecular formula is C20H25N3O2. The molecule has 1 aromatic heterocycles. The highest BCUT2D eigenvalue weighted by Crippen LogP contribution is 2.31. The fourth-order valence-corrected chi connectivity index (χ4v) is 3.32. The molecule has 0 spiro atoms. The van der Waals surface area contributed by atoms with E-state index in [4.69, 9.17) is 4.74 Å². The molecule has 0 radical (unpaired) electrons. The van der Waals surface area contributed by atoms with Crippen LogP contribution < -0.4 is 10.1 Å². The smallest absolute Gasteiger partial charge is 0.252 e. The van der Waals surface area contributed by atoms with Gasteiger partial charge in [0.25, 0.3) is 5.91 Å². The summed E-state index contributed by atoms with van der Waals surface area (Å²) in [5.74, 6) is 0.775. The molecule has 3 rings (SSSR count). The quantitative estimate of drug-likeness (QED) is 0.879. The van der Waals surface area contributed by atoms with Gasteiger partial charge in [-0.2, -0.15) is 0 Å². The summed E-state index contributed by atoms with van der Waals surface area (Å²) in [5.41, 5.74) is 2.61. The Labute approximate surface area is 149 Å². The minimum atomic E-state index is -0.0911. The van der Waals surface area contributed by atoms with E-state index in [1.54, 1.807) is 13.3 Å². The number of hydrogen-bond donors (Lipinski definition) is 1. The molecule has 2 aromatic rings. The first-order valence-electron chi connectivity index (χ1n) is 8.77. The van der Waals surface area contributed by atoms with E-state index >= 15 is 0 Å². The number of hydrogen-bond acceptors (Lipinski definition) is 4. The lowest BCUT2D eigenvalue weighted by Gasteiger charge is -2.29. The predicted octanol–water partition coefficient (Wildman–Crippen LogP) is 2.97. The second kappa shape index (κ2) is 8.12. The fraction of sp³-hybridized carbons (Fsp3) is 0.400. The van der Waals surface area contributed by atoms with Crippen molar-refractivity contribution in [2.45, 2.75) is 25.8 Å². The second-order valence-electron chi connectivity index (χ2n) is 6.40. The Morgan fingerprint density at radius 2 is 2.00 bits per heavy atom. The lowest BCUT2D eigenvalue weighted by atomic mass is 10.0. The summed E-state index contributed by atoms with van der Waals surface area (Å²) in [4.78, 5) is 19.1. The Morgan fingerprint density at radius 3 is 2.68 bits per heavy atom. The number of nitrogens with zero attached hydrogens (tertiary/aromatic N) is 2. The molecule has 5 heteroatoms. The van der Waals surface area contributed by atoms with Crippen molar-refractivity contribution in [3.8, 4) is 5.75 Å². The largest absolute Gasteiger partial charge is 0.496 e. The molecule has 1 fully saturated rings. The highest BCUT2D eigenvalue weighted by Gasteiger charge is 2.26. The molecular weight excluding hydrogens is 314 g/mol. The first kappa shape index (κ1) is 17.4. The fourth-order valence-electron chi connectivity index (χ4n) is 3.32. The molecule has 25 heavy (non-hydrogen) atoms. The maximum atomic E-state index is 12.5. The lowest BCUT2D eigenvalue weighted by molar-refractivity contribution is 0.0937. The summed E-state index contributed by atoms with van der Waals surface area (Å²) in [5, 5.41) is 3.07. The zero-order valence-electron chi connectivity index (χ0n) is 14.9. The van der Waals surface area contributed by atoms with E-state index in [1.807, 2.05) is 37.3 Å². The summed E-state index contributed by atoms with van der Waals surface area (Å²) in [6.45, 7) is 4.55. The minimum absolute atomic E-state index is 0.0911. The molecule has 1 unspecified atom stereocenters. The summed E-state index contributed by atoms with van der Waals surface area (Å²) in [6.07, 6.45) is 4.02. The Bertz CT molecular complexity index is 709. The number of rotatable bonds is 6. The molecule has 1 aliphatic rings. The van der Waals surface area contributed by atoms with Gasteiger partial charge in [0.1, 0.15) is 5.75 Å². The topological polar surface area (TPSA) is 54.5 Å². The maximum Gasteiger partial charge on any atom is 0.252 e. The number of likely N-dealkylation sites (tertiary alicyclic amines) is 1. The molecule has 1 N–H and O–H groups in total. The van der Waals surface area contributed by atoms with E-state index < -0.39 is 0 Å². The summed E-state index contributed by atoms with van der Waals surface area (Å²) < 4.78 is 5.54. The van der Waals surface area contributed by atoms with Crippen molar-refractivity contribution >= 4 is 5.91 Å². The number of methoxy groups -OCH3 is 1. The van der Waals surface area contributed by atoms with Crippen molar-refractivity contribution < 1.29 is 9.53 Å². The highest BCUT2D eigenvalue weighted by molar-refractivity contribution is 5.93. The van der Waals surface area contributed by atoms with Crippen molar-refractivity contribution in [2.75, 3.05) is 26.7 Å². The van der Waals surface area contributed by atoms with Crippen LogP contribution in [0.2, 0.25) is 0 Å². The molecule has 1 aromatic carbocycles. The van der Waals surface area contributed by atoms with Crippen LogP contribution in [0.25, 0.3) is 0 Å². The van der Waals surface area contributed by atoms with E-state index in [0.29, 0.717) is 12.1 Å². The van der Waals surface area contributed by atoms with Crippen LogP contribution in [-0.4, -0.2) is 42.5 Å². The van der Waals surface area contributed by atoms with Gasteiger partial charge in [-0.25, -0.2) is 0 Å². The molecule has 0 aliphatic carbocycles. The van der Waals surface area contributed by atoms with Crippen LogP contribution in [-0.2, 0) is 0 Å². The minimum Gasteiger partial charge on any atom is -0.496 e. The van der Waals surface area contributed by atoms with Gasteiger partial charge >= 0.3 is 0 Å². The van der Waals surface area contributed by atoms with Crippen molar-refractivity contribution in [3.63, 3.8) is 0 Å². The second-order valence-corrected chi connectivity index (χ2v) is 6.40. The number of para-hydroxylation sites is 1. The van der Waals surface area contributed by atoms with Gasteiger partial charge in [-0.1, -0.05) is 18.2 Å². The van der Waals surface area contributed by atoms with Crippen LogP contribution in [0.15, 0.2) is 42.6 Å². The summed E-state index contributed by atoms with van der Waals surface area (Å²) >= 11 is 0. The van der Waals surface area contributed by atoms with Crippen LogP contribution in [0.5, 0.6) is 5.75 Å². The number of aromatic nitrogens is 1. The van der Waals surface area contributed by atoms with E-state index in [-0.39, 0.29) is 11.9 Å². The van der Waals surface area contributed by atoms with E-state index in [0.717, 1.165) is 30.1 Å². The number of ether oxygens (including phenoxy) is 1. The average Bonchev–Trinajstić information content (AvgIpc) is 3.17. The van der Waals surface area contributed by atoms with Gasteiger partial charge in [-0.05, 0) is 51.1 Å². The van der Waals surface area contributed by atoms with E-state index in [2.05, 4.69) is 21.3 Å². The molecule has 2 heterocycles. The van der Waals surface area contributed by atoms with Crippen molar-refractivity contribution in [2.24, 2.45) is 0 Å². The first-order valence-corrected chi connectivity index (χ1v) is 8.77. The third kappa shape index (κ3) is 4.17. The third-order valence-corrected chi connectivity index (χ3v) is 4.71. The highest BCUT2D eigenvalue weighted by atomic mass is 16.5. The summed E-state index contributed by atoms with van der Waals surface area (Å²) in [7, 11) is 1.69. The molecule has 1 atom stereocenters. The molecule has 0 saturated carbocycles. The van der Waals surface area contributed by atoms with Gasteiger partial charge in [-0.3, -0.25) is 14.7 Å². The molecule has 5 nitrogen and oxygen atoms in total. The van der Waals surface area contributed by atoms with Gasteiger partial charge < -0.3 is 10.1 Å². The van der Waals surface area contributed by atoms with Crippen LogP contribution in [0.1, 0.15) is 40.5 Å². The molecule has 132 valence electrons. The Balaban J connectivity index is 1.76. The SMILES string of the molecule is COc1ccccc1C(CNC(=O)c1ccc(C)nc1)N1CCCC1. The zero-order chi connectivity index (χ0) is 17.6. The predicted molar refractivity (Wildman–Crippen MR) is 97.8 cm³/mol. The molecule has 1 saturated heterocycles. The Hall–Kier alpha value is -2.40. The van der Waals surface area contributed by atoms with Crippen LogP contribution in [0, 0.1) is 6.92 Å². The van der Waals surface area contributed by atoms with Gasteiger partial charge in [0.15, 0.2) is 0 Å². The number of nitrogens with one attached hydrogen (secondary N) is 1. The van der Waals surface area contributed by atoms with Crippen LogP contribution >= 0.6 is 0 Å². The third-order valence-electron chi connectivity index (χ3n) is 4.71. The number of aryl methyl sites for hydroxylation is 1. The molecule has 1 aliphatic heterocycles. The lowest BCUT2D eigenvalue weighted by Crippen LogP contribution is -2.37. The molecule has 0 bridgehead atoms. The standard InChI is InChI=1S/C20H25N3O2/c1-15-9-10-16(13-21-15)20(24)22-14-18(23-11-5-6-12-23)17-7-3-4-8-19(17)25-2/h3-4,7-10,13,18H,5-6,11-12,14H2,1-2H3,(H,22,24). The summed E-state index contributed by atoms with van der Waals surface area (Å²) in [6, 6.07) is 11.8. The van der Waals surface area contributed by atoms with E-state index in [9.17, 15) is 4.79 Å². The van der Waals surface area contributed by atoms with Crippen LogP contribution in [0.4, 0.5) is 0 Å². The number of amides is 1. The van der Waals surface area contributed by atoms with E-state index in [1.165, 1.54) is 12.8 Å². The Kier molecular flexibility index (Phi) is 5.66. The van der Waals surface area contributed by atoms with Crippen molar-refractivity contribution in [1.82, 2.24) is 15.2 Å². The van der Waals surface area contributed by atoms with Gasteiger partial charge in [0.05, 0.1) is 18.7 Å². The van der Waals surface area contributed by atoms with Crippen LogP contribution in [0.3, 0.4) is 0 Å². The number of carbonyl (C=O) groups excluding carboxylic acids is 1.